The predicted molar refractivity (Wildman–Crippen MR) is 114 cm³/mol. The van der Waals surface area contributed by atoms with Crippen molar-refractivity contribution < 1.29 is 5.11 Å². The Balaban J connectivity index is 1.41. The van der Waals surface area contributed by atoms with E-state index in [2.05, 4.69) is 50.9 Å². The number of rotatable bonds is 6. The number of phenols is 1. The molecule has 0 spiro atoms. The first kappa shape index (κ1) is 17.2. The van der Waals surface area contributed by atoms with Gasteiger partial charge in [-0.25, -0.2) is 9.97 Å². The number of nitrogens with zero attached hydrogens (tertiary/aromatic N) is 2. The van der Waals surface area contributed by atoms with Gasteiger partial charge in [0, 0.05) is 29.2 Å². The summed E-state index contributed by atoms with van der Waals surface area (Å²) in [7, 11) is 0. The van der Waals surface area contributed by atoms with E-state index in [0.29, 0.717) is 0 Å². The fourth-order valence-electron chi connectivity index (χ4n) is 3.14. The fraction of sp³-hybridized carbons (Fsp3) is 0.182. The Kier molecular flexibility index (Phi) is 4.43. The van der Waals surface area contributed by atoms with Crippen LogP contribution in [0.2, 0.25) is 0 Å². The molecule has 4 aromatic rings. The molecule has 0 atom stereocenters. The van der Waals surface area contributed by atoms with Gasteiger partial charge in [-0.05, 0) is 42.2 Å². The largest absolute Gasteiger partial charge is 0.508 e. The van der Waals surface area contributed by atoms with Gasteiger partial charge in [-0.2, -0.15) is 0 Å². The molecule has 0 bridgehead atoms. The zero-order valence-electron chi connectivity index (χ0n) is 15.2. The maximum absolute atomic E-state index is 9.68. The Labute approximate surface area is 167 Å². The van der Waals surface area contributed by atoms with Crippen LogP contribution in [0.5, 0.6) is 5.75 Å². The lowest BCUT2D eigenvalue weighted by Crippen LogP contribution is -2.14. The third-order valence-electron chi connectivity index (χ3n) is 4.83. The van der Waals surface area contributed by atoms with Gasteiger partial charge in [0.2, 0.25) is 0 Å². The molecule has 0 amide bonds. The minimum Gasteiger partial charge on any atom is -0.508 e. The Hall–Kier alpha value is -2.96. The van der Waals surface area contributed by atoms with Crippen molar-refractivity contribution in [3.8, 4) is 16.2 Å². The molecular formula is C22H20N4OS. The Bertz CT molecular complexity index is 1120. The van der Waals surface area contributed by atoms with Gasteiger partial charge in [0.15, 0.2) is 5.82 Å². The summed E-state index contributed by atoms with van der Waals surface area (Å²) in [5.74, 6) is 0.968. The number of thiophene rings is 1. The number of anilines is 2. The van der Waals surface area contributed by atoms with Crippen LogP contribution < -0.4 is 10.6 Å². The van der Waals surface area contributed by atoms with E-state index in [9.17, 15) is 5.11 Å². The fourth-order valence-corrected chi connectivity index (χ4v) is 4.20. The second kappa shape index (κ2) is 7.22. The van der Waals surface area contributed by atoms with Crippen molar-refractivity contribution in [3.05, 3.63) is 66.5 Å². The molecule has 0 aliphatic heterocycles. The molecule has 6 heteroatoms. The lowest BCUT2D eigenvalue weighted by Gasteiger charge is -2.06. The molecule has 0 unspecified atom stereocenters. The van der Waals surface area contributed by atoms with Crippen molar-refractivity contribution in [1.82, 2.24) is 15.3 Å². The summed E-state index contributed by atoms with van der Waals surface area (Å²) in [6.07, 6.45) is 4.18. The number of fused-ring (bicyclic) bond motifs is 1. The summed E-state index contributed by atoms with van der Waals surface area (Å²) in [6, 6.07) is 18.6. The summed E-state index contributed by atoms with van der Waals surface area (Å²) in [5.41, 5.74) is 4.20. The van der Waals surface area contributed by atoms with E-state index in [-0.39, 0.29) is 5.75 Å². The third kappa shape index (κ3) is 3.69. The van der Waals surface area contributed by atoms with Gasteiger partial charge >= 0.3 is 0 Å². The highest BCUT2D eigenvalue weighted by Crippen LogP contribution is 2.36. The average molecular weight is 388 g/mol. The number of nitrogens with one attached hydrogen (secondary N) is 2. The number of benzene rings is 2. The van der Waals surface area contributed by atoms with Gasteiger partial charge in [0.25, 0.3) is 0 Å². The quantitative estimate of drug-likeness (QED) is 0.431. The van der Waals surface area contributed by atoms with E-state index in [0.717, 1.165) is 39.2 Å². The Morgan fingerprint density at radius 1 is 1.04 bits per heavy atom. The van der Waals surface area contributed by atoms with Crippen molar-refractivity contribution in [2.45, 2.75) is 25.4 Å². The molecule has 1 aliphatic carbocycles. The Morgan fingerprint density at radius 3 is 2.68 bits per heavy atom. The molecule has 140 valence electrons. The van der Waals surface area contributed by atoms with Gasteiger partial charge in [-0.1, -0.05) is 30.3 Å². The molecular weight excluding hydrogens is 368 g/mol. The molecule has 28 heavy (non-hydrogen) atoms. The van der Waals surface area contributed by atoms with Crippen molar-refractivity contribution in [1.29, 1.82) is 0 Å². The zero-order valence-corrected chi connectivity index (χ0v) is 16.0. The number of phenolic OH excluding ortho intramolecular Hbond substituents is 1. The normalized spacial score (nSPS) is 13.7. The SMILES string of the molecule is Oc1cccc(Nc2ncnc3cc(-c4ccc(CNC5CC5)cc4)sc23)c1. The van der Waals surface area contributed by atoms with E-state index < -0.39 is 0 Å². The molecule has 5 nitrogen and oxygen atoms in total. The first-order chi connectivity index (χ1) is 13.7. The minimum atomic E-state index is 0.221. The number of aromatic nitrogens is 2. The second-order valence-corrected chi connectivity index (χ2v) is 8.13. The topological polar surface area (TPSA) is 70.1 Å². The van der Waals surface area contributed by atoms with Crippen LogP contribution in [-0.4, -0.2) is 21.1 Å². The molecule has 0 radical (unpaired) electrons. The summed E-state index contributed by atoms with van der Waals surface area (Å²) in [5, 5.41) is 16.5. The molecule has 1 saturated carbocycles. The molecule has 0 saturated heterocycles. The summed E-state index contributed by atoms with van der Waals surface area (Å²) in [6.45, 7) is 0.931. The van der Waals surface area contributed by atoms with Crippen LogP contribution in [0, 0.1) is 0 Å². The van der Waals surface area contributed by atoms with Gasteiger partial charge in [0.1, 0.15) is 12.1 Å². The van der Waals surface area contributed by atoms with Crippen molar-refractivity contribution in [2.75, 3.05) is 5.32 Å². The summed E-state index contributed by atoms with van der Waals surface area (Å²) >= 11 is 1.67. The Morgan fingerprint density at radius 2 is 1.89 bits per heavy atom. The molecule has 2 heterocycles. The maximum Gasteiger partial charge on any atom is 0.151 e. The highest BCUT2D eigenvalue weighted by atomic mass is 32.1. The number of hydrogen-bond donors (Lipinski definition) is 3. The van der Waals surface area contributed by atoms with Crippen LogP contribution >= 0.6 is 11.3 Å². The second-order valence-electron chi connectivity index (χ2n) is 7.07. The first-order valence-electron chi connectivity index (χ1n) is 9.38. The minimum absolute atomic E-state index is 0.221. The monoisotopic (exact) mass is 388 g/mol. The van der Waals surface area contributed by atoms with Gasteiger partial charge in [-0.3, -0.25) is 0 Å². The predicted octanol–water partition coefficient (Wildman–Crippen LogP) is 5.06. The van der Waals surface area contributed by atoms with Gasteiger partial charge in [0.05, 0.1) is 10.2 Å². The first-order valence-corrected chi connectivity index (χ1v) is 10.2. The van der Waals surface area contributed by atoms with E-state index in [4.69, 9.17) is 0 Å². The van der Waals surface area contributed by atoms with Crippen LogP contribution in [0.4, 0.5) is 11.5 Å². The lowest BCUT2D eigenvalue weighted by atomic mass is 10.1. The molecule has 2 aromatic carbocycles. The lowest BCUT2D eigenvalue weighted by molar-refractivity contribution is 0.475. The van der Waals surface area contributed by atoms with Crippen molar-refractivity contribution >= 4 is 33.1 Å². The summed E-state index contributed by atoms with van der Waals surface area (Å²) < 4.78 is 1.00. The maximum atomic E-state index is 9.68. The highest BCUT2D eigenvalue weighted by molar-refractivity contribution is 7.22. The molecule has 2 aromatic heterocycles. The molecule has 1 fully saturated rings. The number of aromatic hydroxyl groups is 1. The van der Waals surface area contributed by atoms with Crippen LogP contribution in [0.3, 0.4) is 0 Å². The standard InChI is InChI=1S/C22H20N4OS/c27-18-3-1-2-17(10-18)26-22-21-19(24-13-25-22)11-20(28-21)15-6-4-14(5-7-15)12-23-16-8-9-16/h1-7,10-11,13,16,23,27H,8-9,12H2,(H,24,25,26). The van der Waals surface area contributed by atoms with E-state index in [1.165, 1.54) is 24.0 Å². The van der Waals surface area contributed by atoms with E-state index in [1.54, 1.807) is 35.9 Å². The molecule has 1 aliphatic rings. The molecule has 5 rings (SSSR count). The van der Waals surface area contributed by atoms with Gasteiger partial charge in [-0.15, -0.1) is 11.3 Å². The highest BCUT2D eigenvalue weighted by Gasteiger charge is 2.19. The average Bonchev–Trinajstić information content (AvgIpc) is 3.43. The van der Waals surface area contributed by atoms with Crippen LogP contribution in [0.1, 0.15) is 18.4 Å². The smallest absolute Gasteiger partial charge is 0.151 e. The van der Waals surface area contributed by atoms with Crippen molar-refractivity contribution in [2.24, 2.45) is 0 Å². The van der Waals surface area contributed by atoms with E-state index >= 15 is 0 Å². The number of hydrogen-bond acceptors (Lipinski definition) is 6. The van der Waals surface area contributed by atoms with Crippen molar-refractivity contribution in [3.63, 3.8) is 0 Å². The van der Waals surface area contributed by atoms with Crippen LogP contribution in [0.15, 0.2) is 60.9 Å². The van der Waals surface area contributed by atoms with E-state index in [1.807, 2.05) is 6.07 Å². The van der Waals surface area contributed by atoms with Crippen LogP contribution in [0.25, 0.3) is 20.7 Å². The third-order valence-corrected chi connectivity index (χ3v) is 6.01. The van der Waals surface area contributed by atoms with Crippen LogP contribution in [-0.2, 0) is 6.54 Å². The molecule has 3 N–H and O–H groups in total. The van der Waals surface area contributed by atoms with Gasteiger partial charge < -0.3 is 15.7 Å². The zero-order chi connectivity index (χ0) is 18.9. The summed E-state index contributed by atoms with van der Waals surface area (Å²) in [4.78, 5) is 9.98.